The summed E-state index contributed by atoms with van der Waals surface area (Å²) in [5.41, 5.74) is -0.254. The summed E-state index contributed by atoms with van der Waals surface area (Å²) in [5, 5.41) is 33.1. The highest BCUT2D eigenvalue weighted by Gasteiger charge is 2.41. The van der Waals surface area contributed by atoms with Crippen molar-refractivity contribution >= 4 is 0 Å². The molecule has 2 rings (SSSR count). The summed E-state index contributed by atoms with van der Waals surface area (Å²) in [5.74, 6) is 0. The normalized spacial score (nSPS) is 31.9. The van der Waals surface area contributed by atoms with Crippen LogP contribution < -0.4 is 5.32 Å². The van der Waals surface area contributed by atoms with Crippen molar-refractivity contribution in [3.63, 3.8) is 0 Å². The maximum absolute atomic E-state index is 10.4. The van der Waals surface area contributed by atoms with E-state index in [1.54, 1.807) is 0 Å². The van der Waals surface area contributed by atoms with Crippen molar-refractivity contribution in [3.8, 4) is 0 Å². The lowest BCUT2D eigenvalue weighted by molar-refractivity contribution is -0.119. The zero-order chi connectivity index (χ0) is 13.7. The van der Waals surface area contributed by atoms with Gasteiger partial charge in [0.25, 0.3) is 0 Å². The van der Waals surface area contributed by atoms with E-state index in [4.69, 9.17) is 4.74 Å². The Bertz CT molecular complexity index is 386. The van der Waals surface area contributed by atoms with Gasteiger partial charge < -0.3 is 25.4 Å². The van der Waals surface area contributed by atoms with Crippen LogP contribution >= 0.6 is 0 Å². The SMILES string of the molecule is OC1COCCC(O)(CNCc2ccccc2)C1O. The Kier molecular flexibility index (Phi) is 4.90. The average molecular weight is 267 g/mol. The number of aliphatic hydroxyl groups is 3. The monoisotopic (exact) mass is 267 g/mol. The fraction of sp³-hybridized carbons (Fsp3) is 0.571. The molecule has 1 aliphatic rings. The number of aliphatic hydroxyl groups excluding tert-OH is 2. The summed E-state index contributed by atoms with van der Waals surface area (Å²) in [6.07, 6.45) is -1.95. The van der Waals surface area contributed by atoms with Gasteiger partial charge in [-0.25, -0.2) is 0 Å². The van der Waals surface area contributed by atoms with Gasteiger partial charge in [0.1, 0.15) is 17.8 Å². The zero-order valence-corrected chi connectivity index (χ0v) is 10.8. The molecule has 19 heavy (non-hydrogen) atoms. The molecule has 1 heterocycles. The molecule has 0 amide bonds. The summed E-state index contributed by atoms with van der Waals surface area (Å²) in [6.45, 7) is 1.20. The van der Waals surface area contributed by atoms with Gasteiger partial charge in [-0.15, -0.1) is 0 Å². The van der Waals surface area contributed by atoms with Gasteiger partial charge >= 0.3 is 0 Å². The maximum atomic E-state index is 10.4. The van der Waals surface area contributed by atoms with E-state index in [9.17, 15) is 15.3 Å². The Balaban J connectivity index is 1.89. The van der Waals surface area contributed by atoms with Crippen molar-refractivity contribution in [1.29, 1.82) is 0 Å². The van der Waals surface area contributed by atoms with Gasteiger partial charge in [0.2, 0.25) is 0 Å². The zero-order valence-electron chi connectivity index (χ0n) is 10.8. The highest BCUT2D eigenvalue weighted by Crippen LogP contribution is 2.21. The highest BCUT2D eigenvalue weighted by molar-refractivity contribution is 5.14. The minimum atomic E-state index is -1.36. The summed E-state index contributed by atoms with van der Waals surface area (Å²) in [7, 11) is 0. The lowest BCUT2D eigenvalue weighted by atomic mass is 9.90. The van der Waals surface area contributed by atoms with Crippen molar-refractivity contribution in [2.45, 2.75) is 30.8 Å². The fourth-order valence-electron chi connectivity index (χ4n) is 2.26. The van der Waals surface area contributed by atoms with Crippen LogP contribution in [0.4, 0.5) is 0 Å². The molecule has 1 fully saturated rings. The number of hydrogen-bond acceptors (Lipinski definition) is 5. The molecule has 0 radical (unpaired) electrons. The van der Waals surface area contributed by atoms with Crippen molar-refractivity contribution in [3.05, 3.63) is 35.9 Å². The second-order valence-corrected chi connectivity index (χ2v) is 5.03. The van der Waals surface area contributed by atoms with Crippen molar-refractivity contribution < 1.29 is 20.1 Å². The first-order valence-corrected chi connectivity index (χ1v) is 6.53. The van der Waals surface area contributed by atoms with Gasteiger partial charge in [-0.05, 0) is 5.56 Å². The van der Waals surface area contributed by atoms with Crippen LogP contribution in [0.2, 0.25) is 0 Å². The number of ether oxygens (including phenoxy) is 1. The number of nitrogens with one attached hydrogen (secondary N) is 1. The fourth-order valence-corrected chi connectivity index (χ4v) is 2.26. The molecule has 1 aromatic rings. The van der Waals surface area contributed by atoms with Crippen molar-refractivity contribution in [2.75, 3.05) is 19.8 Å². The third kappa shape index (κ3) is 3.75. The molecule has 3 unspecified atom stereocenters. The van der Waals surface area contributed by atoms with E-state index in [2.05, 4.69) is 5.32 Å². The molecule has 4 N–H and O–H groups in total. The van der Waals surface area contributed by atoms with Gasteiger partial charge in [0, 0.05) is 26.1 Å². The number of rotatable bonds is 4. The van der Waals surface area contributed by atoms with E-state index in [1.807, 2.05) is 30.3 Å². The van der Waals surface area contributed by atoms with Gasteiger partial charge in [0.15, 0.2) is 0 Å². The van der Waals surface area contributed by atoms with E-state index in [0.29, 0.717) is 19.6 Å². The standard InChI is InChI=1S/C14H21NO4/c16-12-9-19-7-6-14(18,13(12)17)10-15-8-11-4-2-1-3-5-11/h1-5,12-13,15-18H,6-10H2. The number of hydrogen-bond donors (Lipinski definition) is 4. The molecule has 0 aromatic heterocycles. The van der Waals surface area contributed by atoms with Crippen LogP contribution in [0.3, 0.4) is 0 Å². The van der Waals surface area contributed by atoms with Crippen LogP contribution in [-0.2, 0) is 11.3 Å². The predicted octanol–water partition coefficient (Wildman–Crippen LogP) is -0.351. The molecular formula is C14H21NO4. The van der Waals surface area contributed by atoms with E-state index in [1.165, 1.54) is 0 Å². The largest absolute Gasteiger partial charge is 0.388 e. The van der Waals surface area contributed by atoms with Gasteiger partial charge in [0.05, 0.1) is 6.61 Å². The van der Waals surface area contributed by atoms with Crippen molar-refractivity contribution in [2.24, 2.45) is 0 Å². The Morgan fingerprint density at radius 1 is 1.26 bits per heavy atom. The first-order valence-electron chi connectivity index (χ1n) is 6.53. The molecule has 3 atom stereocenters. The molecule has 0 spiro atoms. The lowest BCUT2D eigenvalue weighted by Crippen LogP contribution is -2.54. The third-order valence-electron chi connectivity index (χ3n) is 3.49. The van der Waals surface area contributed by atoms with Crippen LogP contribution in [-0.4, -0.2) is 52.9 Å². The smallest absolute Gasteiger partial charge is 0.112 e. The Morgan fingerprint density at radius 3 is 2.74 bits per heavy atom. The summed E-state index contributed by atoms with van der Waals surface area (Å²) in [4.78, 5) is 0. The van der Waals surface area contributed by atoms with Crippen LogP contribution in [0.25, 0.3) is 0 Å². The summed E-state index contributed by atoms with van der Waals surface area (Å²) in [6, 6.07) is 9.81. The molecule has 0 aliphatic carbocycles. The lowest BCUT2D eigenvalue weighted by Gasteiger charge is -2.33. The first-order chi connectivity index (χ1) is 9.12. The summed E-state index contributed by atoms with van der Waals surface area (Å²) < 4.78 is 5.14. The van der Waals surface area contributed by atoms with Gasteiger partial charge in [-0.1, -0.05) is 30.3 Å². The molecule has 5 nitrogen and oxygen atoms in total. The molecule has 0 bridgehead atoms. The van der Waals surface area contributed by atoms with E-state index < -0.39 is 17.8 Å². The highest BCUT2D eigenvalue weighted by atomic mass is 16.5. The third-order valence-corrected chi connectivity index (χ3v) is 3.49. The predicted molar refractivity (Wildman–Crippen MR) is 70.5 cm³/mol. The maximum Gasteiger partial charge on any atom is 0.112 e. The Morgan fingerprint density at radius 2 is 2.00 bits per heavy atom. The molecule has 1 aliphatic heterocycles. The van der Waals surface area contributed by atoms with Crippen LogP contribution in [0.15, 0.2) is 30.3 Å². The topological polar surface area (TPSA) is 82.0 Å². The van der Waals surface area contributed by atoms with Crippen LogP contribution in [0.1, 0.15) is 12.0 Å². The second kappa shape index (κ2) is 6.45. The molecule has 1 aromatic carbocycles. The minimum Gasteiger partial charge on any atom is -0.388 e. The molecule has 0 saturated carbocycles. The number of benzene rings is 1. The first kappa shape index (κ1) is 14.4. The van der Waals surface area contributed by atoms with Crippen molar-refractivity contribution in [1.82, 2.24) is 5.32 Å². The molecule has 5 heteroatoms. The quantitative estimate of drug-likeness (QED) is 0.599. The van der Waals surface area contributed by atoms with Crippen LogP contribution in [0.5, 0.6) is 0 Å². The Labute approximate surface area is 112 Å². The van der Waals surface area contributed by atoms with Crippen LogP contribution in [0, 0.1) is 0 Å². The van der Waals surface area contributed by atoms with E-state index in [-0.39, 0.29) is 13.2 Å². The minimum absolute atomic E-state index is 0.0577. The van der Waals surface area contributed by atoms with Gasteiger partial charge in [-0.3, -0.25) is 0 Å². The molecule has 1 saturated heterocycles. The van der Waals surface area contributed by atoms with Gasteiger partial charge in [-0.2, -0.15) is 0 Å². The Hall–Kier alpha value is -0.980. The molecular weight excluding hydrogens is 246 g/mol. The molecule has 106 valence electrons. The average Bonchev–Trinajstić information content (AvgIpc) is 2.54. The summed E-state index contributed by atoms with van der Waals surface area (Å²) >= 11 is 0. The second-order valence-electron chi connectivity index (χ2n) is 5.03. The van der Waals surface area contributed by atoms with E-state index >= 15 is 0 Å². The van der Waals surface area contributed by atoms with E-state index in [0.717, 1.165) is 5.56 Å².